The van der Waals surface area contributed by atoms with Crippen LogP contribution in [0.3, 0.4) is 0 Å². The van der Waals surface area contributed by atoms with Gasteiger partial charge in [0, 0.05) is 41.7 Å². The summed E-state index contributed by atoms with van der Waals surface area (Å²) in [5, 5.41) is 0.631. The van der Waals surface area contributed by atoms with E-state index in [0.717, 1.165) is 22.8 Å². The molecule has 1 atom stereocenters. The molecular formula is C14H15ClN2OS. The quantitative estimate of drug-likeness (QED) is 0.869. The summed E-state index contributed by atoms with van der Waals surface area (Å²) in [5.74, 6) is 0.868. The van der Waals surface area contributed by atoms with Gasteiger partial charge in [-0.3, -0.25) is 4.21 Å². The molecule has 2 rings (SSSR count). The van der Waals surface area contributed by atoms with Gasteiger partial charge in [-0.25, -0.2) is 4.98 Å². The number of rotatable bonds is 4. The van der Waals surface area contributed by atoms with Crippen molar-refractivity contribution < 1.29 is 4.21 Å². The Bertz CT molecular complexity index is 569. The molecule has 100 valence electrons. The minimum Gasteiger partial charge on any atom is -0.355 e. The first-order valence-corrected chi connectivity index (χ1v) is 7.75. The van der Waals surface area contributed by atoms with Crippen LogP contribution in [0.1, 0.15) is 5.56 Å². The molecule has 0 saturated carbocycles. The van der Waals surface area contributed by atoms with Gasteiger partial charge in [0.05, 0.1) is 5.02 Å². The smallest absolute Gasteiger partial charge is 0.128 e. The highest BCUT2D eigenvalue weighted by Crippen LogP contribution is 2.16. The summed E-state index contributed by atoms with van der Waals surface area (Å²) in [6.07, 6.45) is 3.31. The summed E-state index contributed by atoms with van der Waals surface area (Å²) in [6, 6.07) is 11.5. The lowest BCUT2D eigenvalue weighted by molar-refractivity contribution is 0.687. The molecule has 3 nitrogen and oxygen atoms in total. The zero-order chi connectivity index (χ0) is 13.8. The Morgan fingerprint density at radius 1 is 1.21 bits per heavy atom. The van der Waals surface area contributed by atoms with Crippen LogP contribution in [0.15, 0.2) is 47.5 Å². The zero-order valence-electron chi connectivity index (χ0n) is 10.8. The fourth-order valence-electron chi connectivity index (χ4n) is 1.74. The van der Waals surface area contributed by atoms with E-state index in [9.17, 15) is 4.21 Å². The van der Waals surface area contributed by atoms with E-state index in [-0.39, 0.29) is 0 Å². The molecular weight excluding hydrogens is 280 g/mol. The molecule has 1 aromatic heterocycles. The first kappa shape index (κ1) is 14.0. The maximum atomic E-state index is 11.3. The number of aromatic nitrogens is 1. The van der Waals surface area contributed by atoms with Crippen LogP contribution in [-0.4, -0.2) is 22.5 Å². The number of benzene rings is 1. The first-order valence-electron chi connectivity index (χ1n) is 5.81. The second-order valence-electron chi connectivity index (χ2n) is 4.29. The lowest BCUT2D eigenvalue weighted by atomic mass is 10.2. The Morgan fingerprint density at radius 2 is 1.89 bits per heavy atom. The normalized spacial score (nSPS) is 12.2. The van der Waals surface area contributed by atoms with E-state index in [1.54, 1.807) is 12.5 Å². The summed E-state index contributed by atoms with van der Waals surface area (Å²) in [6.45, 7) is 0.741. The van der Waals surface area contributed by atoms with Crippen molar-refractivity contribution in [3.63, 3.8) is 0 Å². The summed E-state index contributed by atoms with van der Waals surface area (Å²) < 4.78 is 11.3. The Balaban J connectivity index is 2.08. The van der Waals surface area contributed by atoms with E-state index in [2.05, 4.69) is 4.98 Å². The van der Waals surface area contributed by atoms with Crippen LogP contribution in [0.5, 0.6) is 0 Å². The molecule has 5 heteroatoms. The molecule has 0 bridgehead atoms. The fourth-order valence-corrected chi connectivity index (χ4v) is 2.37. The van der Waals surface area contributed by atoms with Gasteiger partial charge in [-0.1, -0.05) is 23.7 Å². The van der Waals surface area contributed by atoms with Crippen LogP contribution in [0.25, 0.3) is 0 Å². The van der Waals surface area contributed by atoms with Gasteiger partial charge in [0.2, 0.25) is 0 Å². The van der Waals surface area contributed by atoms with Gasteiger partial charge in [-0.2, -0.15) is 0 Å². The van der Waals surface area contributed by atoms with E-state index in [1.165, 1.54) is 0 Å². The van der Waals surface area contributed by atoms with E-state index in [0.29, 0.717) is 5.02 Å². The molecule has 0 amide bonds. The third kappa shape index (κ3) is 3.78. The molecule has 0 unspecified atom stereocenters. The van der Waals surface area contributed by atoms with Gasteiger partial charge in [-0.15, -0.1) is 0 Å². The van der Waals surface area contributed by atoms with Crippen molar-refractivity contribution >= 4 is 28.2 Å². The summed E-state index contributed by atoms with van der Waals surface area (Å²) in [7, 11) is 1.05. The van der Waals surface area contributed by atoms with Gasteiger partial charge in [0.1, 0.15) is 5.82 Å². The molecule has 0 saturated heterocycles. The first-order chi connectivity index (χ1) is 9.06. The molecule has 0 aliphatic carbocycles. The van der Waals surface area contributed by atoms with Gasteiger partial charge in [-0.05, 0) is 29.8 Å². The minimum absolute atomic E-state index is 0.631. The van der Waals surface area contributed by atoms with E-state index in [4.69, 9.17) is 11.6 Å². The van der Waals surface area contributed by atoms with Gasteiger partial charge in [0.25, 0.3) is 0 Å². The molecule has 0 radical (unpaired) electrons. The van der Waals surface area contributed by atoms with Gasteiger partial charge < -0.3 is 4.90 Å². The van der Waals surface area contributed by atoms with Crippen molar-refractivity contribution in [2.75, 3.05) is 18.2 Å². The average Bonchev–Trinajstić information content (AvgIpc) is 2.40. The third-order valence-electron chi connectivity index (χ3n) is 2.78. The third-order valence-corrected chi connectivity index (χ3v) is 3.94. The van der Waals surface area contributed by atoms with Crippen LogP contribution in [0, 0.1) is 0 Å². The molecule has 0 N–H and O–H groups in total. The Labute approximate surface area is 120 Å². The predicted octanol–water partition coefficient (Wildman–Crippen LogP) is 3.11. The molecule has 1 heterocycles. The van der Waals surface area contributed by atoms with Crippen molar-refractivity contribution in [1.82, 2.24) is 4.98 Å². The molecule has 0 spiro atoms. The van der Waals surface area contributed by atoms with Crippen molar-refractivity contribution in [2.45, 2.75) is 11.4 Å². The van der Waals surface area contributed by atoms with E-state index >= 15 is 0 Å². The van der Waals surface area contributed by atoms with Crippen molar-refractivity contribution in [3.8, 4) is 0 Å². The SMILES string of the molecule is CN(Cc1ccc([S@@](C)=O)cc1)c1ccc(Cl)cn1. The summed E-state index contributed by atoms with van der Waals surface area (Å²) in [5.41, 5.74) is 1.15. The lowest BCUT2D eigenvalue weighted by Gasteiger charge is -2.18. The lowest BCUT2D eigenvalue weighted by Crippen LogP contribution is -2.17. The number of anilines is 1. The van der Waals surface area contributed by atoms with Crippen LogP contribution in [-0.2, 0) is 17.3 Å². The molecule has 0 fully saturated rings. The second-order valence-corrected chi connectivity index (χ2v) is 6.10. The number of pyridine rings is 1. The highest BCUT2D eigenvalue weighted by atomic mass is 35.5. The minimum atomic E-state index is -0.929. The summed E-state index contributed by atoms with van der Waals surface area (Å²) >= 11 is 5.81. The maximum Gasteiger partial charge on any atom is 0.128 e. The van der Waals surface area contributed by atoms with Crippen molar-refractivity contribution in [3.05, 3.63) is 53.2 Å². The van der Waals surface area contributed by atoms with Gasteiger partial charge >= 0.3 is 0 Å². The topological polar surface area (TPSA) is 33.2 Å². The van der Waals surface area contributed by atoms with Crippen LogP contribution in [0.2, 0.25) is 5.02 Å². The highest BCUT2D eigenvalue weighted by Gasteiger charge is 2.04. The summed E-state index contributed by atoms with van der Waals surface area (Å²) in [4.78, 5) is 7.14. The Hall–Kier alpha value is -1.39. The van der Waals surface area contributed by atoms with E-state index in [1.807, 2.05) is 48.3 Å². The zero-order valence-corrected chi connectivity index (χ0v) is 12.4. The highest BCUT2D eigenvalue weighted by molar-refractivity contribution is 7.84. The number of halogens is 1. The van der Waals surface area contributed by atoms with Crippen molar-refractivity contribution in [2.24, 2.45) is 0 Å². The average molecular weight is 295 g/mol. The van der Waals surface area contributed by atoms with E-state index < -0.39 is 10.8 Å². The standard InChI is InChI=1S/C14H15ClN2OS/c1-17(14-8-5-12(15)9-16-14)10-11-3-6-13(7-4-11)19(2)18/h3-9H,10H2,1-2H3/t19-/m1/s1. The number of hydrogen-bond donors (Lipinski definition) is 0. The Kier molecular flexibility index (Phi) is 4.56. The fraction of sp³-hybridized carbons (Fsp3) is 0.214. The van der Waals surface area contributed by atoms with Crippen LogP contribution in [0.4, 0.5) is 5.82 Å². The number of nitrogens with zero attached hydrogens (tertiary/aromatic N) is 2. The van der Waals surface area contributed by atoms with Crippen LogP contribution >= 0.6 is 11.6 Å². The molecule has 0 aliphatic rings. The largest absolute Gasteiger partial charge is 0.355 e. The molecule has 0 aliphatic heterocycles. The van der Waals surface area contributed by atoms with Crippen LogP contribution < -0.4 is 4.90 Å². The molecule has 19 heavy (non-hydrogen) atoms. The maximum absolute atomic E-state index is 11.3. The predicted molar refractivity (Wildman–Crippen MR) is 80.1 cm³/mol. The van der Waals surface area contributed by atoms with Gasteiger partial charge in [0.15, 0.2) is 0 Å². The molecule has 1 aromatic carbocycles. The number of hydrogen-bond acceptors (Lipinski definition) is 3. The molecule has 2 aromatic rings. The second kappa shape index (κ2) is 6.17. The van der Waals surface area contributed by atoms with Crippen molar-refractivity contribution in [1.29, 1.82) is 0 Å². The Morgan fingerprint density at radius 3 is 2.42 bits per heavy atom. The monoisotopic (exact) mass is 294 g/mol.